The van der Waals surface area contributed by atoms with E-state index in [1.807, 2.05) is 13.0 Å². The standard InChI is InChI=1S/C13H20BrNO/c1-3-16-10-6-9-15-11(2)12-7-4-5-8-13(12)14/h4-5,7-8,11,15H,3,6,9-10H2,1-2H3. The van der Waals surface area contributed by atoms with Crippen LogP contribution in [-0.2, 0) is 4.74 Å². The van der Waals surface area contributed by atoms with Gasteiger partial charge in [-0.1, -0.05) is 34.1 Å². The van der Waals surface area contributed by atoms with E-state index in [1.165, 1.54) is 10.0 Å². The van der Waals surface area contributed by atoms with Crippen LogP contribution in [0.4, 0.5) is 0 Å². The van der Waals surface area contributed by atoms with Crippen molar-refractivity contribution in [3.63, 3.8) is 0 Å². The molecule has 0 radical (unpaired) electrons. The Bertz CT molecular complexity index is 304. The predicted octanol–water partition coefficient (Wildman–Crippen LogP) is 3.53. The Morgan fingerprint density at radius 1 is 1.38 bits per heavy atom. The van der Waals surface area contributed by atoms with Gasteiger partial charge in [0.25, 0.3) is 0 Å². The Morgan fingerprint density at radius 2 is 2.12 bits per heavy atom. The van der Waals surface area contributed by atoms with Crippen molar-refractivity contribution >= 4 is 15.9 Å². The summed E-state index contributed by atoms with van der Waals surface area (Å²) in [6.45, 7) is 6.84. The molecule has 3 heteroatoms. The lowest BCUT2D eigenvalue weighted by Crippen LogP contribution is -2.21. The number of benzene rings is 1. The Labute approximate surface area is 107 Å². The second-order valence-electron chi connectivity index (χ2n) is 3.75. The summed E-state index contributed by atoms with van der Waals surface area (Å²) in [6.07, 6.45) is 1.06. The summed E-state index contributed by atoms with van der Waals surface area (Å²) in [5.74, 6) is 0. The zero-order valence-corrected chi connectivity index (χ0v) is 11.6. The Hall–Kier alpha value is -0.380. The lowest BCUT2D eigenvalue weighted by molar-refractivity contribution is 0.144. The topological polar surface area (TPSA) is 21.3 Å². The summed E-state index contributed by atoms with van der Waals surface area (Å²) in [5, 5.41) is 3.49. The van der Waals surface area contributed by atoms with E-state index in [9.17, 15) is 0 Å². The van der Waals surface area contributed by atoms with Crippen LogP contribution in [0.2, 0.25) is 0 Å². The second-order valence-corrected chi connectivity index (χ2v) is 4.60. The molecule has 1 rings (SSSR count). The summed E-state index contributed by atoms with van der Waals surface area (Å²) in [6, 6.07) is 8.70. The molecule has 2 nitrogen and oxygen atoms in total. The van der Waals surface area contributed by atoms with E-state index in [2.05, 4.69) is 46.4 Å². The molecule has 0 bridgehead atoms. The first kappa shape index (κ1) is 13.7. The van der Waals surface area contributed by atoms with Gasteiger partial charge in [-0.2, -0.15) is 0 Å². The molecule has 0 aliphatic rings. The minimum Gasteiger partial charge on any atom is -0.382 e. The molecule has 16 heavy (non-hydrogen) atoms. The zero-order chi connectivity index (χ0) is 11.8. The molecule has 0 aliphatic heterocycles. The minimum absolute atomic E-state index is 0.372. The molecule has 1 aromatic carbocycles. The van der Waals surface area contributed by atoms with Gasteiger partial charge in [-0.05, 0) is 38.4 Å². The van der Waals surface area contributed by atoms with E-state index in [1.54, 1.807) is 0 Å². The number of hydrogen-bond acceptors (Lipinski definition) is 2. The minimum atomic E-state index is 0.372. The summed E-state index contributed by atoms with van der Waals surface area (Å²) in [5.41, 5.74) is 1.30. The van der Waals surface area contributed by atoms with Gasteiger partial charge >= 0.3 is 0 Å². The van der Waals surface area contributed by atoms with Gasteiger partial charge in [0.1, 0.15) is 0 Å². The first-order chi connectivity index (χ1) is 7.75. The van der Waals surface area contributed by atoms with Crippen LogP contribution < -0.4 is 5.32 Å². The average Bonchev–Trinajstić information content (AvgIpc) is 2.29. The van der Waals surface area contributed by atoms with Crippen LogP contribution in [0.3, 0.4) is 0 Å². The molecule has 0 amide bonds. The highest BCUT2D eigenvalue weighted by Gasteiger charge is 2.06. The predicted molar refractivity (Wildman–Crippen MR) is 71.7 cm³/mol. The highest BCUT2D eigenvalue weighted by atomic mass is 79.9. The molecular weight excluding hydrogens is 266 g/mol. The fraction of sp³-hybridized carbons (Fsp3) is 0.538. The Balaban J connectivity index is 2.30. The molecule has 1 aromatic rings. The van der Waals surface area contributed by atoms with E-state index in [0.29, 0.717) is 6.04 Å². The third-order valence-electron chi connectivity index (χ3n) is 2.49. The van der Waals surface area contributed by atoms with E-state index < -0.39 is 0 Å². The van der Waals surface area contributed by atoms with Crippen molar-refractivity contribution in [2.24, 2.45) is 0 Å². The summed E-state index contributed by atoms with van der Waals surface area (Å²) in [4.78, 5) is 0. The first-order valence-corrected chi connectivity index (χ1v) is 6.60. The number of ether oxygens (including phenoxy) is 1. The maximum atomic E-state index is 5.30. The molecule has 0 fully saturated rings. The van der Waals surface area contributed by atoms with Crippen LogP contribution in [0.5, 0.6) is 0 Å². The molecule has 0 aromatic heterocycles. The number of halogens is 1. The monoisotopic (exact) mass is 285 g/mol. The summed E-state index contributed by atoms with van der Waals surface area (Å²) >= 11 is 3.57. The fourth-order valence-electron chi connectivity index (χ4n) is 1.57. The molecule has 1 atom stereocenters. The van der Waals surface area contributed by atoms with Gasteiger partial charge < -0.3 is 10.1 Å². The van der Waals surface area contributed by atoms with Gasteiger partial charge in [-0.3, -0.25) is 0 Å². The van der Waals surface area contributed by atoms with Crippen LogP contribution in [0.25, 0.3) is 0 Å². The molecule has 1 N–H and O–H groups in total. The smallest absolute Gasteiger partial charge is 0.0477 e. The highest BCUT2D eigenvalue weighted by molar-refractivity contribution is 9.10. The van der Waals surface area contributed by atoms with Gasteiger partial charge in [0.2, 0.25) is 0 Å². The molecule has 0 heterocycles. The van der Waals surface area contributed by atoms with Crippen LogP contribution >= 0.6 is 15.9 Å². The van der Waals surface area contributed by atoms with Crippen LogP contribution in [-0.4, -0.2) is 19.8 Å². The van der Waals surface area contributed by atoms with E-state index in [0.717, 1.165) is 26.2 Å². The number of nitrogens with one attached hydrogen (secondary N) is 1. The summed E-state index contributed by atoms with van der Waals surface area (Å²) in [7, 11) is 0. The number of rotatable bonds is 7. The van der Waals surface area contributed by atoms with Gasteiger partial charge in [0.15, 0.2) is 0 Å². The highest BCUT2D eigenvalue weighted by Crippen LogP contribution is 2.22. The maximum Gasteiger partial charge on any atom is 0.0477 e. The maximum absolute atomic E-state index is 5.30. The van der Waals surface area contributed by atoms with E-state index in [4.69, 9.17) is 4.74 Å². The van der Waals surface area contributed by atoms with Gasteiger partial charge in [0, 0.05) is 23.7 Å². The molecule has 90 valence electrons. The average molecular weight is 286 g/mol. The second kappa shape index (κ2) is 7.82. The van der Waals surface area contributed by atoms with Crippen molar-refractivity contribution < 1.29 is 4.74 Å². The van der Waals surface area contributed by atoms with Crippen LogP contribution in [0.15, 0.2) is 28.7 Å². The molecular formula is C13H20BrNO. The molecule has 0 saturated carbocycles. The van der Waals surface area contributed by atoms with Crippen LogP contribution in [0.1, 0.15) is 31.9 Å². The molecule has 0 aliphatic carbocycles. The molecule has 0 spiro atoms. The zero-order valence-electron chi connectivity index (χ0n) is 10.0. The van der Waals surface area contributed by atoms with Crippen molar-refractivity contribution in [1.82, 2.24) is 5.32 Å². The lowest BCUT2D eigenvalue weighted by atomic mass is 10.1. The van der Waals surface area contributed by atoms with Gasteiger partial charge in [-0.25, -0.2) is 0 Å². The van der Waals surface area contributed by atoms with Gasteiger partial charge in [-0.15, -0.1) is 0 Å². The van der Waals surface area contributed by atoms with Crippen molar-refractivity contribution in [3.05, 3.63) is 34.3 Å². The Morgan fingerprint density at radius 3 is 2.81 bits per heavy atom. The molecule has 1 unspecified atom stereocenters. The first-order valence-electron chi connectivity index (χ1n) is 5.81. The normalized spacial score (nSPS) is 12.7. The third-order valence-corrected chi connectivity index (χ3v) is 3.21. The van der Waals surface area contributed by atoms with Crippen LogP contribution in [0, 0.1) is 0 Å². The Kier molecular flexibility index (Phi) is 6.69. The number of hydrogen-bond donors (Lipinski definition) is 1. The SMILES string of the molecule is CCOCCCNC(C)c1ccccc1Br. The van der Waals surface area contributed by atoms with Crippen molar-refractivity contribution in [2.75, 3.05) is 19.8 Å². The summed E-state index contributed by atoms with van der Waals surface area (Å²) < 4.78 is 6.46. The quantitative estimate of drug-likeness (QED) is 0.774. The van der Waals surface area contributed by atoms with E-state index in [-0.39, 0.29) is 0 Å². The lowest BCUT2D eigenvalue weighted by Gasteiger charge is -2.15. The van der Waals surface area contributed by atoms with Crippen molar-refractivity contribution in [2.45, 2.75) is 26.3 Å². The van der Waals surface area contributed by atoms with Crippen molar-refractivity contribution in [3.8, 4) is 0 Å². The van der Waals surface area contributed by atoms with Crippen molar-refractivity contribution in [1.29, 1.82) is 0 Å². The molecule has 0 saturated heterocycles. The fourth-order valence-corrected chi connectivity index (χ4v) is 2.20. The largest absolute Gasteiger partial charge is 0.382 e. The third kappa shape index (κ3) is 4.64. The van der Waals surface area contributed by atoms with E-state index >= 15 is 0 Å². The van der Waals surface area contributed by atoms with Gasteiger partial charge in [0.05, 0.1) is 0 Å².